The van der Waals surface area contributed by atoms with E-state index >= 15 is 0 Å². The summed E-state index contributed by atoms with van der Waals surface area (Å²) in [5, 5.41) is 22.4. The highest BCUT2D eigenvalue weighted by atomic mass is 35.5. The third-order valence-electron chi connectivity index (χ3n) is 3.11. The van der Waals surface area contributed by atoms with Crippen molar-refractivity contribution in [1.82, 2.24) is 0 Å². The number of phenolic OH excluding ortho intramolecular Hbond substituents is 1. The van der Waals surface area contributed by atoms with E-state index in [1.165, 1.54) is 0 Å². The van der Waals surface area contributed by atoms with E-state index in [2.05, 4.69) is 5.32 Å². The van der Waals surface area contributed by atoms with Crippen molar-refractivity contribution in [3.63, 3.8) is 0 Å². The molecule has 0 bridgehead atoms. The molecular weight excluding hydrogens is 278 g/mol. The Bertz CT molecular complexity index is 635. The second-order valence-electron chi connectivity index (χ2n) is 4.37. The number of halogens is 1. The van der Waals surface area contributed by atoms with Crippen LogP contribution in [0.4, 0.5) is 5.69 Å². The fourth-order valence-electron chi connectivity index (χ4n) is 1.96. The summed E-state index contributed by atoms with van der Waals surface area (Å²) in [6, 6.07) is 9.93. The Morgan fingerprint density at radius 2 is 1.95 bits per heavy atom. The number of hydrogen-bond acceptors (Lipinski definition) is 3. The van der Waals surface area contributed by atoms with E-state index in [-0.39, 0.29) is 11.3 Å². The largest absolute Gasteiger partial charge is 0.508 e. The van der Waals surface area contributed by atoms with E-state index in [0.717, 1.165) is 0 Å². The number of nitrogens with one attached hydrogen (secondary N) is 1. The van der Waals surface area contributed by atoms with Gasteiger partial charge in [0.05, 0.1) is 5.56 Å². The lowest BCUT2D eigenvalue weighted by molar-refractivity contribution is 0.0696. The minimum atomic E-state index is -0.966. The van der Waals surface area contributed by atoms with Gasteiger partial charge in [-0.15, -0.1) is 0 Å². The maximum atomic E-state index is 11.1. The van der Waals surface area contributed by atoms with Crippen molar-refractivity contribution in [3.8, 4) is 5.75 Å². The van der Waals surface area contributed by atoms with Crippen LogP contribution in [0.2, 0.25) is 5.02 Å². The molecule has 0 atom stereocenters. The molecule has 2 rings (SSSR count). The summed E-state index contributed by atoms with van der Waals surface area (Å²) in [6.45, 7) is 2.05. The number of aromatic hydroxyl groups is 1. The fraction of sp³-hybridized carbons (Fsp3) is 0.133. The van der Waals surface area contributed by atoms with Crippen LogP contribution in [-0.2, 0) is 6.54 Å². The predicted molar refractivity (Wildman–Crippen MR) is 78.6 cm³/mol. The van der Waals surface area contributed by atoms with Gasteiger partial charge >= 0.3 is 5.97 Å². The Labute approximate surface area is 121 Å². The number of carboxylic acids is 1. The first kappa shape index (κ1) is 14.2. The summed E-state index contributed by atoms with van der Waals surface area (Å²) in [5.41, 5.74) is 2.17. The summed E-state index contributed by atoms with van der Waals surface area (Å²) >= 11 is 6.02. The van der Waals surface area contributed by atoms with Gasteiger partial charge in [-0.05, 0) is 36.8 Å². The zero-order chi connectivity index (χ0) is 14.7. The van der Waals surface area contributed by atoms with Gasteiger partial charge in [-0.2, -0.15) is 0 Å². The van der Waals surface area contributed by atoms with Crippen molar-refractivity contribution in [2.24, 2.45) is 0 Å². The van der Waals surface area contributed by atoms with Gasteiger partial charge in [0.25, 0.3) is 0 Å². The van der Waals surface area contributed by atoms with E-state index in [4.69, 9.17) is 16.7 Å². The lowest BCUT2D eigenvalue weighted by Gasteiger charge is -2.13. The number of phenols is 1. The standard InChI is InChI=1S/C15H14ClNO3/c1-9-10(15(19)20)4-2-6-13(9)17-8-11-12(16)5-3-7-14(11)18/h2-7,17-18H,8H2,1H3,(H,19,20). The highest BCUT2D eigenvalue weighted by Crippen LogP contribution is 2.27. The molecule has 2 aromatic rings. The van der Waals surface area contributed by atoms with Gasteiger partial charge in [-0.25, -0.2) is 4.79 Å². The molecule has 0 saturated carbocycles. The summed E-state index contributed by atoms with van der Waals surface area (Å²) in [4.78, 5) is 11.1. The average molecular weight is 292 g/mol. The second-order valence-corrected chi connectivity index (χ2v) is 4.78. The monoisotopic (exact) mass is 291 g/mol. The zero-order valence-electron chi connectivity index (χ0n) is 10.9. The summed E-state index contributed by atoms with van der Waals surface area (Å²) in [5.74, 6) is -0.858. The molecule has 3 N–H and O–H groups in total. The highest BCUT2D eigenvalue weighted by Gasteiger charge is 2.11. The predicted octanol–water partition coefficient (Wildman–Crippen LogP) is 3.66. The molecule has 0 aromatic heterocycles. The molecule has 0 fully saturated rings. The maximum Gasteiger partial charge on any atom is 0.336 e. The first-order chi connectivity index (χ1) is 9.50. The van der Waals surface area contributed by atoms with Gasteiger partial charge in [0.1, 0.15) is 5.75 Å². The number of hydrogen-bond donors (Lipinski definition) is 3. The van der Waals surface area contributed by atoms with Crippen LogP contribution in [0.5, 0.6) is 5.75 Å². The first-order valence-electron chi connectivity index (χ1n) is 6.04. The second kappa shape index (κ2) is 5.84. The Hall–Kier alpha value is -2.20. The first-order valence-corrected chi connectivity index (χ1v) is 6.41. The summed E-state index contributed by atoms with van der Waals surface area (Å²) < 4.78 is 0. The van der Waals surface area contributed by atoms with E-state index in [0.29, 0.717) is 28.4 Å². The molecule has 5 heteroatoms. The van der Waals surface area contributed by atoms with E-state index in [1.807, 2.05) is 0 Å². The molecule has 0 heterocycles. The molecule has 0 saturated heterocycles. The molecule has 2 aromatic carbocycles. The van der Waals surface area contributed by atoms with E-state index in [1.54, 1.807) is 43.3 Å². The Kier molecular flexibility index (Phi) is 4.15. The topological polar surface area (TPSA) is 69.6 Å². The highest BCUT2D eigenvalue weighted by molar-refractivity contribution is 6.31. The number of aromatic carboxylic acids is 1. The Balaban J connectivity index is 2.24. The van der Waals surface area contributed by atoms with E-state index < -0.39 is 5.97 Å². The number of benzene rings is 2. The lowest BCUT2D eigenvalue weighted by atomic mass is 10.1. The third-order valence-corrected chi connectivity index (χ3v) is 3.47. The van der Waals surface area contributed by atoms with Crippen molar-refractivity contribution in [1.29, 1.82) is 0 Å². The van der Waals surface area contributed by atoms with Crippen LogP contribution < -0.4 is 5.32 Å². The van der Waals surface area contributed by atoms with Gasteiger partial charge in [0, 0.05) is 22.8 Å². The molecule has 20 heavy (non-hydrogen) atoms. The molecule has 0 aliphatic heterocycles. The van der Waals surface area contributed by atoms with Gasteiger partial charge in [0.2, 0.25) is 0 Å². The molecule has 104 valence electrons. The average Bonchev–Trinajstić information content (AvgIpc) is 2.39. The Morgan fingerprint density at radius 1 is 1.25 bits per heavy atom. The van der Waals surface area contributed by atoms with E-state index in [9.17, 15) is 9.90 Å². The van der Waals surface area contributed by atoms with Crippen LogP contribution in [0.3, 0.4) is 0 Å². The minimum absolute atomic E-state index is 0.108. The molecule has 0 spiro atoms. The maximum absolute atomic E-state index is 11.1. The fourth-order valence-corrected chi connectivity index (χ4v) is 2.20. The molecule has 0 radical (unpaired) electrons. The molecule has 0 aliphatic carbocycles. The molecule has 0 aliphatic rings. The van der Waals surface area contributed by atoms with Crippen LogP contribution in [0, 0.1) is 6.92 Å². The van der Waals surface area contributed by atoms with Gasteiger partial charge < -0.3 is 15.5 Å². The number of anilines is 1. The third kappa shape index (κ3) is 2.86. The number of carbonyl (C=O) groups is 1. The quantitative estimate of drug-likeness (QED) is 0.804. The lowest BCUT2D eigenvalue weighted by Crippen LogP contribution is -2.06. The Morgan fingerprint density at radius 3 is 2.60 bits per heavy atom. The molecule has 4 nitrogen and oxygen atoms in total. The van der Waals surface area contributed by atoms with Crippen LogP contribution in [-0.4, -0.2) is 16.2 Å². The minimum Gasteiger partial charge on any atom is -0.508 e. The number of carboxylic acid groups (broad SMARTS) is 1. The molecular formula is C15H14ClNO3. The van der Waals surface area contributed by atoms with Crippen LogP contribution in [0.1, 0.15) is 21.5 Å². The van der Waals surface area contributed by atoms with Crippen LogP contribution >= 0.6 is 11.6 Å². The zero-order valence-corrected chi connectivity index (χ0v) is 11.6. The van der Waals surface area contributed by atoms with Crippen LogP contribution in [0.25, 0.3) is 0 Å². The summed E-state index contributed by atoms with van der Waals surface area (Å²) in [6.07, 6.45) is 0. The van der Waals surface area contributed by atoms with Crippen molar-refractivity contribution >= 4 is 23.3 Å². The molecule has 0 amide bonds. The smallest absolute Gasteiger partial charge is 0.336 e. The van der Waals surface area contributed by atoms with Crippen molar-refractivity contribution in [2.75, 3.05) is 5.32 Å². The van der Waals surface area contributed by atoms with Crippen molar-refractivity contribution in [3.05, 3.63) is 58.1 Å². The summed E-state index contributed by atoms with van der Waals surface area (Å²) in [7, 11) is 0. The van der Waals surface area contributed by atoms with Crippen molar-refractivity contribution in [2.45, 2.75) is 13.5 Å². The van der Waals surface area contributed by atoms with Crippen molar-refractivity contribution < 1.29 is 15.0 Å². The van der Waals surface area contributed by atoms with Gasteiger partial charge in [-0.3, -0.25) is 0 Å². The van der Waals surface area contributed by atoms with Crippen LogP contribution in [0.15, 0.2) is 36.4 Å². The van der Waals surface area contributed by atoms with Gasteiger partial charge in [0.15, 0.2) is 0 Å². The normalized spacial score (nSPS) is 10.3. The SMILES string of the molecule is Cc1c(NCc2c(O)cccc2Cl)cccc1C(=O)O. The molecule has 0 unspecified atom stereocenters. The number of rotatable bonds is 4. The van der Waals surface area contributed by atoms with Gasteiger partial charge in [-0.1, -0.05) is 23.7 Å².